The molecule has 0 spiro atoms. The fourth-order valence-electron chi connectivity index (χ4n) is 2.93. The van der Waals surface area contributed by atoms with Gasteiger partial charge in [-0.05, 0) is 35.6 Å². The van der Waals surface area contributed by atoms with Crippen LogP contribution in [0.3, 0.4) is 0 Å². The lowest BCUT2D eigenvalue weighted by atomic mass is 10.0. The molecule has 0 amide bonds. The molecule has 2 aromatic heterocycles. The normalized spacial score (nSPS) is 20.4. The van der Waals surface area contributed by atoms with Crippen molar-refractivity contribution < 1.29 is 4.52 Å². The van der Waals surface area contributed by atoms with Crippen LogP contribution >= 0.6 is 0 Å². The van der Waals surface area contributed by atoms with Gasteiger partial charge in [-0.15, -0.1) is 0 Å². The summed E-state index contributed by atoms with van der Waals surface area (Å²) in [5, 5.41) is 3.96. The van der Waals surface area contributed by atoms with E-state index >= 15 is 0 Å². The summed E-state index contributed by atoms with van der Waals surface area (Å²) in [6, 6.07) is 14.4. The highest BCUT2D eigenvalue weighted by atomic mass is 16.5. The predicted octanol–water partition coefficient (Wildman–Crippen LogP) is 3.59. The van der Waals surface area contributed by atoms with Gasteiger partial charge in [-0.2, -0.15) is 0 Å². The first-order chi connectivity index (χ1) is 10.3. The van der Waals surface area contributed by atoms with Gasteiger partial charge in [0.1, 0.15) is 0 Å². The first kappa shape index (κ1) is 12.1. The fraction of sp³-hybridized carbons (Fsp3) is 0.176. The molecule has 4 heteroatoms. The van der Waals surface area contributed by atoms with Gasteiger partial charge in [0, 0.05) is 18.3 Å². The summed E-state index contributed by atoms with van der Waals surface area (Å²) in [7, 11) is 0. The Labute approximate surface area is 122 Å². The molecular weight excluding hydrogens is 262 g/mol. The lowest BCUT2D eigenvalue weighted by Gasteiger charge is -2.02. The van der Waals surface area contributed by atoms with Gasteiger partial charge in [0.25, 0.3) is 0 Å². The Balaban J connectivity index is 1.69. The van der Waals surface area contributed by atoms with E-state index in [9.17, 15) is 0 Å². The monoisotopic (exact) mass is 277 g/mol. The number of aromatic nitrogens is 2. The number of nitrogens with two attached hydrogens (primary N) is 1. The summed E-state index contributed by atoms with van der Waals surface area (Å²) in [5.74, 6) is 2.21. The van der Waals surface area contributed by atoms with Crippen LogP contribution in [-0.2, 0) is 0 Å². The topological polar surface area (TPSA) is 64.9 Å². The third-order valence-electron chi connectivity index (χ3n) is 4.07. The molecule has 1 fully saturated rings. The molecule has 2 atom stereocenters. The van der Waals surface area contributed by atoms with Gasteiger partial charge in [-0.1, -0.05) is 35.5 Å². The van der Waals surface area contributed by atoms with E-state index in [4.69, 9.17) is 10.3 Å². The molecule has 0 bridgehead atoms. The Bertz CT molecular complexity index is 752. The molecule has 2 unspecified atom stereocenters. The van der Waals surface area contributed by atoms with Crippen LogP contribution in [0.5, 0.6) is 0 Å². The zero-order chi connectivity index (χ0) is 14.2. The first-order valence-corrected chi connectivity index (χ1v) is 7.05. The summed E-state index contributed by atoms with van der Waals surface area (Å²) >= 11 is 0. The summed E-state index contributed by atoms with van der Waals surface area (Å²) < 4.78 is 5.53. The molecule has 1 aliphatic carbocycles. The molecule has 1 aliphatic rings. The van der Waals surface area contributed by atoms with Gasteiger partial charge in [-0.25, -0.2) is 0 Å². The molecule has 1 aromatic carbocycles. The van der Waals surface area contributed by atoms with E-state index in [1.54, 1.807) is 12.4 Å². The van der Waals surface area contributed by atoms with E-state index in [0.717, 1.165) is 23.3 Å². The average Bonchev–Trinajstić information content (AvgIpc) is 3.25. The largest absolute Gasteiger partial charge is 0.380 e. The number of rotatable bonds is 3. The Morgan fingerprint density at radius 1 is 1.00 bits per heavy atom. The third-order valence-corrected chi connectivity index (χ3v) is 4.07. The van der Waals surface area contributed by atoms with Crippen molar-refractivity contribution in [3.8, 4) is 11.1 Å². The third kappa shape index (κ3) is 2.09. The van der Waals surface area contributed by atoms with Crippen molar-refractivity contribution in [3.63, 3.8) is 0 Å². The van der Waals surface area contributed by atoms with Crippen molar-refractivity contribution in [1.82, 2.24) is 10.1 Å². The second-order valence-corrected chi connectivity index (χ2v) is 5.40. The minimum Gasteiger partial charge on any atom is -0.380 e. The van der Waals surface area contributed by atoms with E-state index in [1.165, 1.54) is 5.56 Å². The quantitative estimate of drug-likeness (QED) is 0.794. The zero-order valence-electron chi connectivity index (χ0n) is 11.4. The Kier molecular flexibility index (Phi) is 2.74. The lowest BCUT2D eigenvalue weighted by Crippen LogP contribution is -1.90. The molecule has 2 heterocycles. The highest BCUT2D eigenvalue weighted by Crippen LogP contribution is 2.57. The molecule has 0 saturated heterocycles. The highest BCUT2D eigenvalue weighted by Gasteiger charge is 2.44. The maximum atomic E-state index is 6.00. The van der Waals surface area contributed by atoms with E-state index in [1.807, 2.05) is 18.2 Å². The number of nitrogen functional groups attached to an aromatic ring is 1. The Hall–Kier alpha value is -2.62. The predicted molar refractivity (Wildman–Crippen MR) is 80.7 cm³/mol. The second kappa shape index (κ2) is 4.74. The number of nitrogens with zero attached hydrogens (tertiary/aromatic N) is 2. The van der Waals surface area contributed by atoms with Gasteiger partial charge in [0.05, 0.1) is 5.56 Å². The number of pyridine rings is 1. The maximum absolute atomic E-state index is 6.00. The van der Waals surface area contributed by atoms with Gasteiger partial charge in [-0.3, -0.25) is 4.98 Å². The highest BCUT2D eigenvalue weighted by molar-refractivity contribution is 5.76. The van der Waals surface area contributed by atoms with Crippen molar-refractivity contribution in [3.05, 3.63) is 66.2 Å². The maximum Gasteiger partial charge on any atom is 0.175 e. The van der Waals surface area contributed by atoms with Gasteiger partial charge >= 0.3 is 0 Å². The second-order valence-electron chi connectivity index (χ2n) is 5.40. The standard InChI is InChI=1S/C17H15N3O/c18-17-15(12-6-8-19-9-7-12)16(21-20-17)14-10-13(14)11-4-2-1-3-5-11/h1-9,13-14H,10H2,(H2,18,20). The van der Waals surface area contributed by atoms with Crippen LogP contribution in [0.4, 0.5) is 5.82 Å². The number of hydrogen-bond acceptors (Lipinski definition) is 4. The van der Waals surface area contributed by atoms with Gasteiger partial charge in [0.15, 0.2) is 11.6 Å². The molecule has 0 aliphatic heterocycles. The van der Waals surface area contributed by atoms with Crippen LogP contribution in [-0.4, -0.2) is 10.1 Å². The van der Waals surface area contributed by atoms with Crippen LogP contribution in [0.15, 0.2) is 59.4 Å². The van der Waals surface area contributed by atoms with E-state index in [-0.39, 0.29) is 0 Å². The molecule has 4 nitrogen and oxygen atoms in total. The minimum atomic E-state index is 0.361. The molecule has 3 aromatic rings. The van der Waals surface area contributed by atoms with Crippen LogP contribution in [0, 0.1) is 0 Å². The fourth-order valence-corrected chi connectivity index (χ4v) is 2.93. The van der Waals surface area contributed by atoms with Crippen LogP contribution in [0.1, 0.15) is 29.6 Å². The zero-order valence-corrected chi connectivity index (χ0v) is 11.4. The molecule has 21 heavy (non-hydrogen) atoms. The van der Waals surface area contributed by atoms with Crippen molar-refractivity contribution in [2.45, 2.75) is 18.3 Å². The SMILES string of the molecule is Nc1noc(C2CC2c2ccccc2)c1-c1ccncc1. The van der Waals surface area contributed by atoms with Gasteiger partial charge in [0.2, 0.25) is 0 Å². The molecule has 0 radical (unpaired) electrons. The van der Waals surface area contributed by atoms with Crippen LogP contribution in [0.25, 0.3) is 11.1 Å². The molecule has 2 N–H and O–H groups in total. The van der Waals surface area contributed by atoms with Gasteiger partial charge < -0.3 is 10.3 Å². The summed E-state index contributed by atoms with van der Waals surface area (Å²) in [6.07, 6.45) is 4.59. The van der Waals surface area contributed by atoms with Crippen LogP contribution in [0.2, 0.25) is 0 Å². The molecule has 4 rings (SSSR count). The molecule has 104 valence electrons. The van der Waals surface area contributed by atoms with E-state index in [2.05, 4.69) is 34.4 Å². The summed E-state index contributed by atoms with van der Waals surface area (Å²) in [6.45, 7) is 0. The summed E-state index contributed by atoms with van der Waals surface area (Å²) in [4.78, 5) is 4.05. The smallest absolute Gasteiger partial charge is 0.175 e. The Morgan fingerprint density at radius 2 is 1.76 bits per heavy atom. The molecule has 1 saturated carbocycles. The minimum absolute atomic E-state index is 0.361. The lowest BCUT2D eigenvalue weighted by molar-refractivity contribution is 0.386. The van der Waals surface area contributed by atoms with Crippen LogP contribution < -0.4 is 5.73 Å². The van der Waals surface area contributed by atoms with Crippen molar-refractivity contribution in [1.29, 1.82) is 0 Å². The summed E-state index contributed by atoms with van der Waals surface area (Å²) in [5.41, 5.74) is 9.27. The first-order valence-electron chi connectivity index (χ1n) is 7.05. The number of anilines is 1. The van der Waals surface area contributed by atoms with Crippen molar-refractivity contribution in [2.75, 3.05) is 5.73 Å². The number of benzene rings is 1. The van der Waals surface area contributed by atoms with E-state index in [0.29, 0.717) is 17.7 Å². The Morgan fingerprint density at radius 3 is 2.52 bits per heavy atom. The van der Waals surface area contributed by atoms with Crippen molar-refractivity contribution in [2.24, 2.45) is 0 Å². The van der Waals surface area contributed by atoms with Crippen molar-refractivity contribution >= 4 is 5.82 Å². The average molecular weight is 277 g/mol. The number of hydrogen-bond donors (Lipinski definition) is 1. The van der Waals surface area contributed by atoms with E-state index < -0.39 is 0 Å². The molecular formula is C17H15N3O.